The maximum absolute atomic E-state index is 12.2. The molecule has 4 N–H and O–H groups in total. The van der Waals surface area contributed by atoms with Gasteiger partial charge in [-0.1, -0.05) is 37.0 Å². The smallest absolute Gasteiger partial charge is 0.242 e. The van der Waals surface area contributed by atoms with Crippen molar-refractivity contribution in [2.24, 2.45) is 5.92 Å². The van der Waals surface area contributed by atoms with Gasteiger partial charge in [-0.05, 0) is 31.4 Å². The lowest BCUT2D eigenvalue weighted by atomic mass is 9.95. The van der Waals surface area contributed by atoms with E-state index in [4.69, 9.17) is 28.9 Å². The van der Waals surface area contributed by atoms with E-state index in [-0.39, 0.29) is 33.1 Å². The van der Waals surface area contributed by atoms with Crippen molar-refractivity contribution in [1.29, 1.82) is 0 Å². The van der Waals surface area contributed by atoms with Crippen molar-refractivity contribution in [3.63, 3.8) is 0 Å². The number of nitrogen functional groups attached to an aromatic ring is 1. The summed E-state index contributed by atoms with van der Waals surface area (Å²) < 4.78 is 26.8. The number of anilines is 1. The van der Waals surface area contributed by atoms with Crippen LogP contribution in [0.5, 0.6) is 0 Å². The van der Waals surface area contributed by atoms with Gasteiger partial charge in [-0.3, -0.25) is 0 Å². The summed E-state index contributed by atoms with van der Waals surface area (Å²) in [5, 5.41) is 10.2. The molecule has 1 aromatic carbocycles. The number of halogens is 2. The summed E-state index contributed by atoms with van der Waals surface area (Å²) in [5.41, 5.74) is 4.48. The first kappa shape index (κ1) is 18.5. The van der Waals surface area contributed by atoms with Crippen molar-refractivity contribution in [2.45, 2.75) is 37.7 Å². The molecule has 0 fully saturated rings. The fraction of sp³-hybridized carbons (Fsp3) is 0.538. The van der Waals surface area contributed by atoms with E-state index in [0.29, 0.717) is 6.42 Å². The minimum absolute atomic E-state index is 0.00940. The number of benzene rings is 1. The Morgan fingerprint density at radius 1 is 1.38 bits per heavy atom. The fourth-order valence-electron chi connectivity index (χ4n) is 2.04. The third-order valence-electron chi connectivity index (χ3n) is 2.87. The van der Waals surface area contributed by atoms with Gasteiger partial charge in [0.25, 0.3) is 0 Å². The van der Waals surface area contributed by atoms with Gasteiger partial charge in [0, 0.05) is 6.54 Å². The van der Waals surface area contributed by atoms with Gasteiger partial charge in [0.05, 0.1) is 21.3 Å². The van der Waals surface area contributed by atoms with Crippen LogP contribution in [0, 0.1) is 5.92 Å². The number of sulfonamides is 1. The minimum Gasteiger partial charge on any atom is -0.396 e. The Kier molecular flexibility index (Phi) is 5.91. The zero-order valence-electron chi connectivity index (χ0n) is 12.2. The van der Waals surface area contributed by atoms with Crippen LogP contribution in [0.4, 0.5) is 5.69 Å². The summed E-state index contributed by atoms with van der Waals surface area (Å²) in [7, 11) is -3.88. The van der Waals surface area contributed by atoms with Crippen molar-refractivity contribution >= 4 is 38.9 Å². The number of rotatable bonds is 6. The first-order valence-corrected chi connectivity index (χ1v) is 8.66. The van der Waals surface area contributed by atoms with E-state index in [0.717, 1.165) is 0 Å². The zero-order valence-corrected chi connectivity index (χ0v) is 14.5. The average Bonchev–Trinajstić information content (AvgIpc) is 2.32. The molecule has 21 heavy (non-hydrogen) atoms. The van der Waals surface area contributed by atoms with E-state index in [1.807, 2.05) is 13.8 Å². The van der Waals surface area contributed by atoms with E-state index in [9.17, 15) is 13.5 Å². The predicted octanol–water partition coefficient (Wildman–Crippen LogP) is 2.65. The second-order valence-electron chi connectivity index (χ2n) is 5.69. The van der Waals surface area contributed by atoms with E-state index in [1.54, 1.807) is 6.92 Å². The molecule has 0 amide bonds. The molecule has 0 spiro atoms. The molecular formula is C13H20Cl2N2O3S. The summed E-state index contributed by atoms with van der Waals surface area (Å²) in [5.74, 6) is 0.235. The van der Waals surface area contributed by atoms with Crippen molar-refractivity contribution in [3.05, 3.63) is 22.2 Å². The van der Waals surface area contributed by atoms with Gasteiger partial charge in [-0.15, -0.1) is 0 Å². The third-order valence-corrected chi connectivity index (χ3v) is 5.16. The number of hydrogen-bond acceptors (Lipinski definition) is 4. The molecule has 0 aliphatic carbocycles. The highest BCUT2D eigenvalue weighted by atomic mass is 35.5. The van der Waals surface area contributed by atoms with Gasteiger partial charge < -0.3 is 10.8 Å². The molecule has 120 valence electrons. The molecule has 0 radical (unpaired) electrons. The summed E-state index contributed by atoms with van der Waals surface area (Å²) in [6.07, 6.45) is 0.464. The van der Waals surface area contributed by atoms with Gasteiger partial charge in [0.1, 0.15) is 4.90 Å². The van der Waals surface area contributed by atoms with Crippen LogP contribution in [0.15, 0.2) is 17.0 Å². The molecule has 1 unspecified atom stereocenters. The van der Waals surface area contributed by atoms with Gasteiger partial charge >= 0.3 is 0 Å². The monoisotopic (exact) mass is 354 g/mol. The molecule has 0 aliphatic heterocycles. The largest absolute Gasteiger partial charge is 0.396 e. The molecule has 5 nitrogen and oxygen atoms in total. The molecule has 0 heterocycles. The second kappa shape index (κ2) is 6.71. The maximum atomic E-state index is 12.2. The van der Waals surface area contributed by atoms with E-state index >= 15 is 0 Å². The Labute approximate surface area is 135 Å². The van der Waals surface area contributed by atoms with E-state index in [1.165, 1.54) is 12.1 Å². The Morgan fingerprint density at radius 2 is 1.95 bits per heavy atom. The van der Waals surface area contributed by atoms with Crippen LogP contribution in [0.25, 0.3) is 0 Å². The summed E-state index contributed by atoms with van der Waals surface area (Å²) in [6, 6.07) is 2.64. The van der Waals surface area contributed by atoms with Crippen LogP contribution >= 0.6 is 23.2 Å². The van der Waals surface area contributed by atoms with Crippen LogP contribution < -0.4 is 10.5 Å². The normalized spacial score (nSPS) is 15.2. The van der Waals surface area contributed by atoms with Crippen LogP contribution in [0.1, 0.15) is 27.2 Å². The maximum Gasteiger partial charge on any atom is 0.242 e. The first-order chi connectivity index (χ1) is 9.46. The molecule has 1 atom stereocenters. The fourth-order valence-corrected chi connectivity index (χ4v) is 3.96. The highest BCUT2D eigenvalue weighted by Gasteiger charge is 2.27. The molecule has 0 saturated carbocycles. The Balaban J connectivity index is 2.96. The molecule has 0 aromatic heterocycles. The SMILES string of the molecule is CC(C)CC(C)(O)CNS(=O)(=O)c1ccc(Cl)c(N)c1Cl. The van der Waals surface area contributed by atoms with Gasteiger partial charge in [-0.2, -0.15) is 0 Å². The quantitative estimate of drug-likeness (QED) is 0.684. The highest BCUT2D eigenvalue weighted by Crippen LogP contribution is 2.33. The lowest BCUT2D eigenvalue weighted by Crippen LogP contribution is -2.41. The molecule has 1 rings (SSSR count). The standard InChI is InChI=1S/C13H20Cl2N2O3S/c1-8(2)6-13(3,18)7-17-21(19,20)10-5-4-9(14)12(16)11(10)15/h4-5,8,17-18H,6-7,16H2,1-3H3. The number of nitrogens with one attached hydrogen (secondary N) is 1. The highest BCUT2D eigenvalue weighted by molar-refractivity contribution is 7.89. The molecular weight excluding hydrogens is 335 g/mol. The van der Waals surface area contributed by atoms with Crippen LogP contribution in [0.2, 0.25) is 10.0 Å². The van der Waals surface area contributed by atoms with Crippen molar-refractivity contribution in [1.82, 2.24) is 4.72 Å². The van der Waals surface area contributed by atoms with Crippen molar-refractivity contribution in [2.75, 3.05) is 12.3 Å². The molecule has 1 aromatic rings. The summed E-state index contributed by atoms with van der Waals surface area (Å²) in [6.45, 7) is 5.35. The van der Waals surface area contributed by atoms with Gasteiger partial charge in [0.2, 0.25) is 10.0 Å². The van der Waals surface area contributed by atoms with Crippen LogP contribution in [-0.2, 0) is 10.0 Å². The number of hydrogen-bond donors (Lipinski definition) is 3. The summed E-state index contributed by atoms with van der Waals surface area (Å²) in [4.78, 5) is -0.161. The molecule has 0 saturated heterocycles. The number of nitrogens with two attached hydrogens (primary N) is 1. The Morgan fingerprint density at radius 3 is 2.48 bits per heavy atom. The predicted molar refractivity (Wildman–Crippen MR) is 86.1 cm³/mol. The zero-order chi connectivity index (χ0) is 16.4. The minimum atomic E-state index is -3.88. The summed E-state index contributed by atoms with van der Waals surface area (Å²) >= 11 is 11.7. The van der Waals surface area contributed by atoms with E-state index in [2.05, 4.69) is 4.72 Å². The Hall–Kier alpha value is -0.530. The lowest BCUT2D eigenvalue weighted by molar-refractivity contribution is 0.0437. The second-order valence-corrected chi connectivity index (χ2v) is 8.21. The van der Waals surface area contributed by atoms with E-state index < -0.39 is 15.6 Å². The van der Waals surface area contributed by atoms with Gasteiger partial charge in [-0.25, -0.2) is 13.1 Å². The van der Waals surface area contributed by atoms with Crippen LogP contribution in [-0.4, -0.2) is 25.7 Å². The van der Waals surface area contributed by atoms with Gasteiger partial charge in [0.15, 0.2) is 0 Å². The Bertz CT molecular complexity index is 616. The third kappa shape index (κ3) is 5.00. The lowest BCUT2D eigenvalue weighted by Gasteiger charge is -2.25. The van der Waals surface area contributed by atoms with Crippen molar-refractivity contribution < 1.29 is 13.5 Å². The molecule has 8 heteroatoms. The molecule has 0 bridgehead atoms. The van der Waals surface area contributed by atoms with Crippen LogP contribution in [0.3, 0.4) is 0 Å². The topological polar surface area (TPSA) is 92.4 Å². The average molecular weight is 355 g/mol. The first-order valence-electron chi connectivity index (χ1n) is 6.42. The van der Waals surface area contributed by atoms with Crippen molar-refractivity contribution in [3.8, 4) is 0 Å². The number of aliphatic hydroxyl groups is 1. The molecule has 0 aliphatic rings.